The first-order valence-corrected chi connectivity index (χ1v) is 6.42. The van der Waals surface area contributed by atoms with Gasteiger partial charge in [-0.05, 0) is 41.4 Å². The van der Waals surface area contributed by atoms with Crippen molar-refractivity contribution in [1.29, 1.82) is 0 Å². The highest BCUT2D eigenvalue weighted by atomic mass is 32.1. The molecule has 17 heavy (non-hydrogen) atoms. The Balaban J connectivity index is 1.78. The Morgan fingerprint density at radius 3 is 2.76 bits per heavy atom. The van der Waals surface area contributed by atoms with Crippen molar-refractivity contribution in [3.63, 3.8) is 0 Å². The van der Waals surface area contributed by atoms with Crippen LogP contribution in [0.1, 0.15) is 11.1 Å². The largest absolute Gasteiger partial charge is 0.508 e. The number of nitrogens with one attached hydrogen (secondary N) is 1. The summed E-state index contributed by atoms with van der Waals surface area (Å²) in [6.45, 7) is 1.48. The molecule has 90 valence electrons. The number of phenolic OH excluding ortho intramolecular Hbond substituents is 2. The summed E-state index contributed by atoms with van der Waals surface area (Å²) in [7, 11) is 0. The maximum absolute atomic E-state index is 9.58. The van der Waals surface area contributed by atoms with Gasteiger partial charge in [0.05, 0.1) is 0 Å². The number of benzene rings is 1. The highest BCUT2D eigenvalue weighted by Gasteiger charge is 2.01. The Bertz CT molecular complexity index is 468. The van der Waals surface area contributed by atoms with E-state index in [1.807, 2.05) is 0 Å². The van der Waals surface area contributed by atoms with Gasteiger partial charge in [0.2, 0.25) is 0 Å². The lowest BCUT2D eigenvalue weighted by Crippen LogP contribution is -2.16. The Labute approximate surface area is 104 Å². The van der Waals surface area contributed by atoms with Crippen molar-refractivity contribution in [2.75, 3.05) is 6.54 Å². The molecule has 0 radical (unpaired) electrons. The number of aromatic hydroxyl groups is 2. The molecule has 0 atom stereocenters. The fourth-order valence-corrected chi connectivity index (χ4v) is 2.30. The van der Waals surface area contributed by atoms with E-state index in [0.29, 0.717) is 6.54 Å². The van der Waals surface area contributed by atoms with Crippen molar-refractivity contribution in [2.24, 2.45) is 0 Å². The first-order valence-electron chi connectivity index (χ1n) is 5.48. The van der Waals surface area contributed by atoms with E-state index in [4.69, 9.17) is 5.11 Å². The average molecular weight is 249 g/mol. The van der Waals surface area contributed by atoms with Crippen LogP contribution < -0.4 is 5.32 Å². The Morgan fingerprint density at radius 2 is 2.06 bits per heavy atom. The van der Waals surface area contributed by atoms with Crippen LogP contribution >= 0.6 is 11.3 Å². The van der Waals surface area contributed by atoms with Gasteiger partial charge in [-0.3, -0.25) is 0 Å². The standard InChI is InChI=1S/C13H15NO2S/c15-12-2-1-11(13(16)7-12)8-14-5-3-10-4-6-17-9-10/h1-2,4,6-7,9,14-16H,3,5,8H2. The number of hydrogen-bond donors (Lipinski definition) is 3. The lowest BCUT2D eigenvalue weighted by atomic mass is 10.2. The van der Waals surface area contributed by atoms with Crippen LogP contribution in [0.2, 0.25) is 0 Å². The molecule has 0 saturated carbocycles. The van der Waals surface area contributed by atoms with Gasteiger partial charge in [0.15, 0.2) is 0 Å². The summed E-state index contributed by atoms with van der Waals surface area (Å²) in [5.74, 6) is 0.220. The van der Waals surface area contributed by atoms with Crippen molar-refractivity contribution in [2.45, 2.75) is 13.0 Å². The van der Waals surface area contributed by atoms with E-state index >= 15 is 0 Å². The van der Waals surface area contributed by atoms with Crippen LogP contribution in [-0.2, 0) is 13.0 Å². The van der Waals surface area contributed by atoms with Gasteiger partial charge in [-0.1, -0.05) is 6.07 Å². The average Bonchev–Trinajstić information content (AvgIpc) is 2.79. The second-order valence-corrected chi connectivity index (χ2v) is 4.65. The minimum atomic E-state index is 0.0875. The molecule has 3 N–H and O–H groups in total. The third kappa shape index (κ3) is 3.47. The molecule has 2 rings (SSSR count). The molecule has 3 nitrogen and oxygen atoms in total. The predicted molar refractivity (Wildman–Crippen MR) is 69.5 cm³/mol. The molecule has 0 unspecified atom stereocenters. The normalized spacial score (nSPS) is 10.6. The third-order valence-electron chi connectivity index (χ3n) is 2.55. The molecule has 4 heteroatoms. The summed E-state index contributed by atoms with van der Waals surface area (Å²) < 4.78 is 0. The van der Waals surface area contributed by atoms with E-state index in [9.17, 15) is 5.11 Å². The molecule has 1 aromatic carbocycles. The zero-order chi connectivity index (χ0) is 12.1. The van der Waals surface area contributed by atoms with E-state index in [-0.39, 0.29) is 11.5 Å². The van der Waals surface area contributed by atoms with E-state index in [1.165, 1.54) is 11.6 Å². The van der Waals surface area contributed by atoms with Crippen LogP contribution in [0.3, 0.4) is 0 Å². The molecule has 0 aliphatic carbocycles. The fraction of sp³-hybridized carbons (Fsp3) is 0.231. The Hall–Kier alpha value is -1.52. The van der Waals surface area contributed by atoms with Crippen LogP contribution in [0.15, 0.2) is 35.0 Å². The quantitative estimate of drug-likeness (QED) is 0.714. The van der Waals surface area contributed by atoms with E-state index < -0.39 is 0 Å². The van der Waals surface area contributed by atoms with Crippen molar-refractivity contribution < 1.29 is 10.2 Å². The molecule has 2 aromatic rings. The summed E-state index contributed by atoms with van der Waals surface area (Å²) in [4.78, 5) is 0. The van der Waals surface area contributed by atoms with Crippen LogP contribution in [0, 0.1) is 0 Å². The van der Waals surface area contributed by atoms with Gasteiger partial charge in [0.1, 0.15) is 11.5 Å². The molecule has 1 heterocycles. The molecule has 0 aliphatic heterocycles. The van der Waals surface area contributed by atoms with Gasteiger partial charge in [-0.15, -0.1) is 0 Å². The minimum Gasteiger partial charge on any atom is -0.508 e. The number of hydrogen-bond acceptors (Lipinski definition) is 4. The smallest absolute Gasteiger partial charge is 0.123 e. The summed E-state index contributed by atoms with van der Waals surface area (Å²) in [5.41, 5.74) is 2.13. The van der Waals surface area contributed by atoms with Gasteiger partial charge in [0, 0.05) is 18.2 Å². The van der Waals surface area contributed by atoms with Gasteiger partial charge in [0.25, 0.3) is 0 Å². The van der Waals surface area contributed by atoms with Crippen LogP contribution in [-0.4, -0.2) is 16.8 Å². The maximum Gasteiger partial charge on any atom is 0.123 e. The number of thiophene rings is 1. The van der Waals surface area contributed by atoms with Gasteiger partial charge < -0.3 is 15.5 Å². The lowest BCUT2D eigenvalue weighted by Gasteiger charge is -2.06. The van der Waals surface area contributed by atoms with Crippen molar-refractivity contribution in [3.8, 4) is 11.5 Å². The summed E-state index contributed by atoms with van der Waals surface area (Å²) in [6.07, 6.45) is 0.988. The molecule has 0 fully saturated rings. The Morgan fingerprint density at radius 1 is 1.18 bits per heavy atom. The van der Waals surface area contributed by atoms with Crippen LogP contribution in [0.25, 0.3) is 0 Å². The predicted octanol–water partition coefficient (Wildman–Crippen LogP) is 2.49. The molecule has 0 amide bonds. The lowest BCUT2D eigenvalue weighted by molar-refractivity contribution is 0.444. The van der Waals surface area contributed by atoms with Crippen LogP contribution in [0.4, 0.5) is 0 Å². The molecule has 0 bridgehead atoms. The van der Waals surface area contributed by atoms with Crippen molar-refractivity contribution in [1.82, 2.24) is 5.32 Å². The molecule has 1 aromatic heterocycles. The highest BCUT2D eigenvalue weighted by molar-refractivity contribution is 7.07. The zero-order valence-corrected chi connectivity index (χ0v) is 10.2. The van der Waals surface area contributed by atoms with Crippen molar-refractivity contribution in [3.05, 3.63) is 46.2 Å². The second-order valence-electron chi connectivity index (χ2n) is 3.87. The molecule has 0 spiro atoms. The summed E-state index contributed by atoms with van der Waals surface area (Å²) in [6, 6.07) is 6.78. The molecule has 0 aliphatic rings. The van der Waals surface area contributed by atoms with Crippen LogP contribution in [0.5, 0.6) is 11.5 Å². The summed E-state index contributed by atoms with van der Waals surface area (Å²) in [5, 5.41) is 26.2. The second kappa shape index (κ2) is 5.70. The number of phenols is 2. The first kappa shape index (κ1) is 12.0. The molecular formula is C13H15NO2S. The van der Waals surface area contributed by atoms with E-state index in [1.54, 1.807) is 23.5 Å². The summed E-state index contributed by atoms with van der Waals surface area (Å²) >= 11 is 1.70. The minimum absolute atomic E-state index is 0.0875. The fourth-order valence-electron chi connectivity index (χ4n) is 1.59. The van der Waals surface area contributed by atoms with Gasteiger partial charge >= 0.3 is 0 Å². The molecular weight excluding hydrogens is 234 g/mol. The highest BCUT2D eigenvalue weighted by Crippen LogP contribution is 2.22. The SMILES string of the molecule is Oc1ccc(CNCCc2ccsc2)c(O)c1. The molecule has 0 saturated heterocycles. The van der Waals surface area contributed by atoms with E-state index in [2.05, 4.69) is 22.1 Å². The monoisotopic (exact) mass is 249 g/mol. The first-order chi connectivity index (χ1) is 8.25. The third-order valence-corrected chi connectivity index (χ3v) is 3.29. The topological polar surface area (TPSA) is 52.5 Å². The number of rotatable bonds is 5. The van der Waals surface area contributed by atoms with Crippen molar-refractivity contribution >= 4 is 11.3 Å². The zero-order valence-electron chi connectivity index (χ0n) is 9.39. The van der Waals surface area contributed by atoms with E-state index in [0.717, 1.165) is 18.5 Å². The van der Waals surface area contributed by atoms with Gasteiger partial charge in [-0.2, -0.15) is 11.3 Å². The van der Waals surface area contributed by atoms with Gasteiger partial charge in [-0.25, -0.2) is 0 Å². The Kier molecular flexibility index (Phi) is 4.01. The maximum atomic E-state index is 9.58.